The lowest BCUT2D eigenvalue weighted by Gasteiger charge is -2.43. The smallest absolute Gasteiger partial charge is 0.150 e. The fourth-order valence-corrected chi connectivity index (χ4v) is 2.43. The van der Waals surface area contributed by atoms with Crippen molar-refractivity contribution in [3.63, 3.8) is 0 Å². The van der Waals surface area contributed by atoms with Crippen LogP contribution in [0.4, 0.5) is 10.1 Å². The first-order chi connectivity index (χ1) is 8.95. The van der Waals surface area contributed by atoms with E-state index in [2.05, 4.69) is 0 Å². The van der Waals surface area contributed by atoms with Crippen molar-refractivity contribution in [1.29, 1.82) is 0 Å². The molecule has 0 radical (unpaired) electrons. The number of benzene rings is 1. The maximum Gasteiger partial charge on any atom is 0.150 e. The zero-order chi connectivity index (χ0) is 14.0. The Morgan fingerprint density at radius 3 is 2.89 bits per heavy atom. The van der Waals surface area contributed by atoms with Crippen LogP contribution < -0.4 is 4.90 Å². The second-order valence-electron chi connectivity index (χ2n) is 5.39. The van der Waals surface area contributed by atoms with Gasteiger partial charge in [0.2, 0.25) is 0 Å². The standard InChI is InChI=1S/C14H18FNO3/c1-14(2)9-16(6-11(8-18)19-14)13-4-3-10(7-17)5-12(13)15/h3-5,7,11,18H,6,8-9H2,1-2H3. The van der Waals surface area contributed by atoms with E-state index in [1.54, 1.807) is 12.1 Å². The molecule has 2 rings (SSSR count). The summed E-state index contributed by atoms with van der Waals surface area (Å²) < 4.78 is 19.7. The average Bonchev–Trinajstić information content (AvgIpc) is 2.36. The lowest BCUT2D eigenvalue weighted by Crippen LogP contribution is -2.54. The molecule has 19 heavy (non-hydrogen) atoms. The molecule has 1 unspecified atom stereocenters. The highest BCUT2D eigenvalue weighted by Crippen LogP contribution is 2.28. The third-order valence-corrected chi connectivity index (χ3v) is 3.13. The van der Waals surface area contributed by atoms with Crippen LogP contribution in [0.2, 0.25) is 0 Å². The summed E-state index contributed by atoms with van der Waals surface area (Å²) in [4.78, 5) is 12.5. The normalized spacial score (nSPS) is 22.3. The van der Waals surface area contributed by atoms with Gasteiger partial charge in [0, 0.05) is 18.7 Å². The molecule has 1 fully saturated rings. The van der Waals surface area contributed by atoms with E-state index < -0.39 is 11.4 Å². The summed E-state index contributed by atoms with van der Waals surface area (Å²) in [5.41, 5.74) is 0.287. The number of aliphatic hydroxyl groups excluding tert-OH is 1. The number of morpholine rings is 1. The number of anilines is 1. The van der Waals surface area contributed by atoms with Crippen molar-refractivity contribution in [2.24, 2.45) is 0 Å². The van der Waals surface area contributed by atoms with Gasteiger partial charge < -0.3 is 14.7 Å². The molecule has 1 aromatic carbocycles. The number of hydrogen-bond donors (Lipinski definition) is 1. The average molecular weight is 267 g/mol. The molecule has 1 heterocycles. The van der Waals surface area contributed by atoms with Crippen molar-refractivity contribution in [2.45, 2.75) is 25.6 Å². The van der Waals surface area contributed by atoms with E-state index in [-0.39, 0.29) is 12.7 Å². The summed E-state index contributed by atoms with van der Waals surface area (Å²) >= 11 is 0. The quantitative estimate of drug-likeness (QED) is 0.845. The van der Waals surface area contributed by atoms with Crippen LogP contribution in [-0.2, 0) is 4.74 Å². The third kappa shape index (κ3) is 3.11. The van der Waals surface area contributed by atoms with E-state index in [9.17, 15) is 14.3 Å². The molecule has 0 amide bonds. The van der Waals surface area contributed by atoms with E-state index in [1.807, 2.05) is 18.7 Å². The van der Waals surface area contributed by atoms with Crippen molar-refractivity contribution in [2.75, 3.05) is 24.6 Å². The van der Waals surface area contributed by atoms with E-state index in [4.69, 9.17) is 4.74 Å². The summed E-state index contributed by atoms with van der Waals surface area (Å²) in [7, 11) is 0. The Kier molecular flexibility index (Phi) is 3.87. The number of rotatable bonds is 3. The van der Waals surface area contributed by atoms with Crippen molar-refractivity contribution >= 4 is 12.0 Å². The molecule has 1 atom stereocenters. The van der Waals surface area contributed by atoms with Gasteiger partial charge >= 0.3 is 0 Å². The zero-order valence-corrected chi connectivity index (χ0v) is 11.1. The summed E-state index contributed by atoms with van der Waals surface area (Å²) in [5.74, 6) is -0.431. The molecular weight excluding hydrogens is 249 g/mol. The molecule has 0 bridgehead atoms. The van der Waals surface area contributed by atoms with Crippen LogP contribution in [0.3, 0.4) is 0 Å². The number of carbonyl (C=O) groups is 1. The highest BCUT2D eigenvalue weighted by atomic mass is 19.1. The maximum absolute atomic E-state index is 14.0. The van der Waals surface area contributed by atoms with Gasteiger partial charge in [-0.25, -0.2) is 4.39 Å². The molecule has 1 saturated heterocycles. The summed E-state index contributed by atoms with van der Waals surface area (Å²) in [5, 5.41) is 9.25. The second kappa shape index (κ2) is 5.27. The van der Waals surface area contributed by atoms with Crippen LogP contribution in [0.15, 0.2) is 18.2 Å². The zero-order valence-electron chi connectivity index (χ0n) is 11.1. The van der Waals surface area contributed by atoms with Crippen LogP contribution >= 0.6 is 0 Å². The molecule has 0 aromatic heterocycles. The van der Waals surface area contributed by atoms with Crippen LogP contribution in [0, 0.1) is 5.82 Å². The molecule has 0 saturated carbocycles. The van der Waals surface area contributed by atoms with Crippen molar-refractivity contribution in [1.82, 2.24) is 0 Å². The first kappa shape index (κ1) is 14.0. The maximum atomic E-state index is 14.0. The number of nitrogens with zero attached hydrogens (tertiary/aromatic N) is 1. The number of halogens is 1. The molecule has 1 N–H and O–H groups in total. The molecule has 5 heteroatoms. The third-order valence-electron chi connectivity index (χ3n) is 3.13. The minimum absolute atomic E-state index is 0.103. The first-order valence-corrected chi connectivity index (χ1v) is 6.23. The van der Waals surface area contributed by atoms with Crippen LogP contribution in [0.1, 0.15) is 24.2 Å². The number of carbonyl (C=O) groups excluding carboxylic acids is 1. The largest absolute Gasteiger partial charge is 0.394 e. The number of aldehydes is 1. The van der Waals surface area contributed by atoms with Gasteiger partial charge in [0.05, 0.1) is 24.0 Å². The lowest BCUT2D eigenvalue weighted by atomic mass is 10.0. The van der Waals surface area contributed by atoms with Crippen LogP contribution in [0.5, 0.6) is 0 Å². The molecule has 0 aliphatic carbocycles. The molecular formula is C14H18FNO3. The van der Waals surface area contributed by atoms with E-state index in [0.29, 0.717) is 30.6 Å². The van der Waals surface area contributed by atoms with E-state index in [1.165, 1.54) is 6.07 Å². The lowest BCUT2D eigenvalue weighted by molar-refractivity contribution is -0.101. The number of hydrogen-bond acceptors (Lipinski definition) is 4. The predicted molar refractivity (Wildman–Crippen MR) is 70.0 cm³/mol. The molecule has 104 valence electrons. The van der Waals surface area contributed by atoms with Gasteiger partial charge in [-0.05, 0) is 32.0 Å². The fourth-order valence-electron chi connectivity index (χ4n) is 2.43. The Morgan fingerprint density at radius 1 is 1.58 bits per heavy atom. The first-order valence-electron chi connectivity index (χ1n) is 6.23. The Morgan fingerprint density at radius 2 is 2.32 bits per heavy atom. The van der Waals surface area contributed by atoms with Gasteiger partial charge in [-0.15, -0.1) is 0 Å². The monoisotopic (exact) mass is 267 g/mol. The SMILES string of the molecule is CC1(C)CN(c2ccc(C=O)cc2F)CC(CO)O1. The van der Waals surface area contributed by atoms with Gasteiger partial charge in [-0.3, -0.25) is 4.79 Å². The number of aliphatic hydroxyl groups is 1. The van der Waals surface area contributed by atoms with Crippen LogP contribution in [-0.4, -0.2) is 42.8 Å². The highest BCUT2D eigenvalue weighted by molar-refractivity contribution is 5.76. The van der Waals surface area contributed by atoms with Gasteiger partial charge in [-0.2, -0.15) is 0 Å². The van der Waals surface area contributed by atoms with Gasteiger partial charge in [-0.1, -0.05) is 0 Å². The van der Waals surface area contributed by atoms with Crippen molar-refractivity contribution in [3.05, 3.63) is 29.6 Å². The Balaban J connectivity index is 2.27. The predicted octanol–water partition coefficient (Wildman–Crippen LogP) is 1.61. The Labute approximate surface area is 111 Å². The minimum atomic E-state index is -0.457. The van der Waals surface area contributed by atoms with Gasteiger partial charge in [0.1, 0.15) is 12.1 Å². The molecule has 1 aliphatic rings. The van der Waals surface area contributed by atoms with Gasteiger partial charge in [0.25, 0.3) is 0 Å². The minimum Gasteiger partial charge on any atom is -0.394 e. The molecule has 1 aliphatic heterocycles. The topological polar surface area (TPSA) is 49.8 Å². The van der Waals surface area contributed by atoms with E-state index >= 15 is 0 Å². The Hall–Kier alpha value is -1.46. The molecule has 4 nitrogen and oxygen atoms in total. The van der Waals surface area contributed by atoms with Crippen molar-refractivity contribution < 1.29 is 19.0 Å². The van der Waals surface area contributed by atoms with Crippen molar-refractivity contribution in [3.8, 4) is 0 Å². The fraction of sp³-hybridized carbons (Fsp3) is 0.500. The molecule has 0 spiro atoms. The van der Waals surface area contributed by atoms with Crippen LogP contribution in [0.25, 0.3) is 0 Å². The van der Waals surface area contributed by atoms with E-state index in [0.717, 1.165) is 0 Å². The molecule has 1 aromatic rings. The van der Waals surface area contributed by atoms with Gasteiger partial charge in [0.15, 0.2) is 0 Å². The summed E-state index contributed by atoms with van der Waals surface area (Å²) in [6, 6.07) is 4.40. The second-order valence-corrected chi connectivity index (χ2v) is 5.39. The highest BCUT2D eigenvalue weighted by Gasteiger charge is 2.34. The number of ether oxygens (including phenoxy) is 1. The Bertz CT molecular complexity index is 476. The summed E-state index contributed by atoms with van der Waals surface area (Å²) in [6.07, 6.45) is 0.279. The summed E-state index contributed by atoms with van der Waals surface area (Å²) in [6.45, 7) is 4.66.